The molecule has 1 N–H and O–H groups in total. The van der Waals surface area contributed by atoms with Crippen LogP contribution in [0.5, 0.6) is 11.5 Å². The molecule has 2 heterocycles. The number of nitrogens with one attached hydrogen (secondary N) is 1. The van der Waals surface area contributed by atoms with Crippen molar-refractivity contribution in [2.45, 2.75) is 19.4 Å². The normalized spacial score (nSPS) is 13.2. The molecule has 0 fully saturated rings. The molecule has 4 rings (SSSR count). The summed E-state index contributed by atoms with van der Waals surface area (Å²) >= 11 is 0. The fraction of sp³-hybridized carbons (Fsp3) is 0.182. The topological polar surface area (TPSA) is 60.5 Å². The molecule has 2 aromatic carbocycles. The lowest BCUT2D eigenvalue weighted by Gasteiger charge is -2.19. The summed E-state index contributed by atoms with van der Waals surface area (Å²) < 4.78 is 10.7. The van der Waals surface area contributed by atoms with Crippen molar-refractivity contribution in [1.29, 1.82) is 0 Å². The van der Waals surface area contributed by atoms with E-state index in [1.165, 1.54) is 0 Å². The summed E-state index contributed by atoms with van der Waals surface area (Å²) in [6, 6.07) is 19.2. The van der Waals surface area contributed by atoms with Crippen LogP contribution < -0.4 is 14.8 Å². The van der Waals surface area contributed by atoms with E-state index in [1.807, 2.05) is 67.6 Å². The van der Waals surface area contributed by atoms with Gasteiger partial charge in [0.05, 0.1) is 5.69 Å². The van der Waals surface area contributed by atoms with E-state index in [0.717, 1.165) is 28.1 Å². The fourth-order valence-electron chi connectivity index (χ4n) is 3.23. The van der Waals surface area contributed by atoms with Gasteiger partial charge in [-0.1, -0.05) is 36.4 Å². The molecular formula is C22H20N2O3. The van der Waals surface area contributed by atoms with Crippen molar-refractivity contribution < 1.29 is 14.3 Å². The first kappa shape index (κ1) is 17.1. The lowest BCUT2D eigenvalue weighted by Crippen LogP contribution is -2.30. The Balaban J connectivity index is 1.57. The maximum atomic E-state index is 13.1. The summed E-state index contributed by atoms with van der Waals surface area (Å²) in [5.41, 5.74) is 3.71. The fourth-order valence-corrected chi connectivity index (χ4v) is 3.23. The SMILES string of the molecule is Cc1ccccc1C(C(=O)NCc1ccc2c(c1)OCO2)c1ccccn1. The van der Waals surface area contributed by atoms with Gasteiger partial charge in [0, 0.05) is 12.7 Å². The zero-order valence-corrected chi connectivity index (χ0v) is 15.0. The number of pyridine rings is 1. The molecule has 1 aliphatic heterocycles. The minimum Gasteiger partial charge on any atom is -0.454 e. The molecule has 0 saturated heterocycles. The van der Waals surface area contributed by atoms with E-state index in [0.29, 0.717) is 12.3 Å². The Kier molecular flexibility index (Phi) is 4.75. The lowest BCUT2D eigenvalue weighted by atomic mass is 9.90. The Morgan fingerprint density at radius 3 is 2.70 bits per heavy atom. The number of hydrogen-bond acceptors (Lipinski definition) is 4. The van der Waals surface area contributed by atoms with E-state index >= 15 is 0 Å². The third kappa shape index (κ3) is 3.62. The number of benzene rings is 2. The van der Waals surface area contributed by atoms with Gasteiger partial charge >= 0.3 is 0 Å². The van der Waals surface area contributed by atoms with Crippen molar-refractivity contribution in [2.24, 2.45) is 0 Å². The van der Waals surface area contributed by atoms with Crippen LogP contribution in [0.2, 0.25) is 0 Å². The van der Waals surface area contributed by atoms with Crippen LogP contribution in [0.25, 0.3) is 0 Å². The number of carbonyl (C=O) groups is 1. The maximum Gasteiger partial charge on any atom is 0.233 e. The number of hydrogen-bond donors (Lipinski definition) is 1. The van der Waals surface area contributed by atoms with Gasteiger partial charge in [-0.15, -0.1) is 0 Å². The number of rotatable bonds is 5. The standard InChI is InChI=1S/C22H20N2O3/c1-15-6-2-3-7-17(15)21(18-8-4-5-11-23-18)22(25)24-13-16-9-10-19-20(12-16)27-14-26-19/h2-12,21H,13-14H2,1H3,(H,24,25). The summed E-state index contributed by atoms with van der Waals surface area (Å²) in [5.74, 6) is 0.903. The molecule has 1 aliphatic rings. The van der Waals surface area contributed by atoms with Gasteiger partial charge in [0.2, 0.25) is 12.7 Å². The van der Waals surface area contributed by atoms with Crippen molar-refractivity contribution in [3.63, 3.8) is 0 Å². The lowest BCUT2D eigenvalue weighted by molar-refractivity contribution is -0.121. The van der Waals surface area contributed by atoms with Gasteiger partial charge in [-0.25, -0.2) is 0 Å². The van der Waals surface area contributed by atoms with Crippen LogP contribution in [-0.4, -0.2) is 17.7 Å². The monoisotopic (exact) mass is 360 g/mol. The molecule has 3 aromatic rings. The molecule has 0 saturated carbocycles. The number of amides is 1. The molecule has 1 atom stereocenters. The van der Waals surface area contributed by atoms with Crippen molar-refractivity contribution in [3.05, 3.63) is 89.2 Å². The average molecular weight is 360 g/mol. The number of fused-ring (bicyclic) bond motifs is 1. The van der Waals surface area contributed by atoms with E-state index in [1.54, 1.807) is 6.20 Å². The molecule has 5 nitrogen and oxygen atoms in total. The maximum absolute atomic E-state index is 13.1. The van der Waals surface area contributed by atoms with Gasteiger partial charge in [0.25, 0.3) is 0 Å². The molecule has 136 valence electrons. The van der Waals surface area contributed by atoms with Gasteiger partial charge in [-0.05, 0) is 47.9 Å². The Morgan fingerprint density at radius 1 is 1.07 bits per heavy atom. The first-order chi connectivity index (χ1) is 13.2. The average Bonchev–Trinajstić information content (AvgIpc) is 3.17. The minimum atomic E-state index is -0.457. The molecule has 0 aliphatic carbocycles. The van der Waals surface area contributed by atoms with Crippen LogP contribution in [-0.2, 0) is 11.3 Å². The molecule has 5 heteroatoms. The van der Waals surface area contributed by atoms with Crippen LogP contribution in [0.4, 0.5) is 0 Å². The largest absolute Gasteiger partial charge is 0.454 e. The second-order valence-electron chi connectivity index (χ2n) is 6.45. The van der Waals surface area contributed by atoms with Crippen molar-refractivity contribution in [3.8, 4) is 11.5 Å². The first-order valence-corrected chi connectivity index (χ1v) is 8.85. The van der Waals surface area contributed by atoms with Crippen LogP contribution in [0.15, 0.2) is 66.9 Å². The number of aryl methyl sites for hydroxylation is 1. The molecular weight excluding hydrogens is 340 g/mol. The number of nitrogens with zero attached hydrogens (tertiary/aromatic N) is 1. The molecule has 27 heavy (non-hydrogen) atoms. The highest BCUT2D eigenvalue weighted by molar-refractivity contribution is 5.87. The summed E-state index contributed by atoms with van der Waals surface area (Å²) in [7, 11) is 0. The second-order valence-corrected chi connectivity index (χ2v) is 6.45. The second kappa shape index (κ2) is 7.50. The van der Waals surface area contributed by atoms with E-state index in [9.17, 15) is 4.79 Å². The first-order valence-electron chi connectivity index (χ1n) is 8.85. The number of ether oxygens (including phenoxy) is 2. The third-order valence-electron chi connectivity index (χ3n) is 4.65. The van der Waals surface area contributed by atoms with Gasteiger partial charge in [-0.2, -0.15) is 0 Å². The molecule has 1 unspecified atom stereocenters. The van der Waals surface area contributed by atoms with Crippen LogP contribution in [0, 0.1) is 6.92 Å². The van der Waals surface area contributed by atoms with Crippen LogP contribution in [0.3, 0.4) is 0 Å². The van der Waals surface area contributed by atoms with Crippen LogP contribution in [0.1, 0.15) is 28.3 Å². The molecule has 0 bridgehead atoms. The van der Waals surface area contributed by atoms with E-state index in [4.69, 9.17) is 9.47 Å². The Hall–Kier alpha value is -3.34. The van der Waals surface area contributed by atoms with Gasteiger partial charge in [-0.3, -0.25) is 9.78 Å². The highest BCUT2D eigenvalue weighted by Crippen LogP contribution is 2.32. The van der Waals surface area contributed by atoms with Crippen molar-refractivity contribution in [2.75, 3.05) is 6.79 Å². The molecule has 1 amide bonds. The van der Waals surface area contributed by atoms with Crippen LogP contribution >= 0.6 is 0 Å². The zero-order chi connectivity index (χ0) is 18.6. The highest BCUT2D eigenvalue weighted by Gasteiger charge is 2.25. The Morgan fingerprint density at radius 2 is 1.89 bits per heavy atom. The van der Waals surface area contributed by atoms with E-state index in [2.05, 4.69) is 10.3 Å². The zero-order valence-electron chi connectivity index (χ0n) is 15.0. The smallest absolute Gasteiger partial charge is 0.233 e. The highest BCUT2D eigenvalue weighted by atomic mass is 16.7. The molecule has 0 radical (unpaired) electrons. The number of aromatic nitrogens is 1. The Bertz CT molecular complexity index is 957. The third-order valence-corrected chi connectivity index (χ3v) is 4.65. The predicted octanol–water partition coefficient (Wildman–Crippen LogP) is 3.57. The Labute approximate surface area is 158 Å². The summed E-state index contributed by atoms with van der Waals surface area (Å²) in [5, 5.41) is 3.04. The summed E-state index contributed by atoms with van der Waals surface area (Å²) in [4.78, 5) is 17.5. The van der Waals surface area contributed by atoms with Gasteiger partial charge in [0.1, 0.15) is 5.92 Å². The quantitative estimate of drug-likeness (QED) is 0.756. The molecule has 1 aromatic heterocycles. The van der Waals surface area contributed by atoms with E-state index in [-0.39, 0.29) is 12.7 Å². The van der Waals surface area contributed by atoms with Gasteiger partial charge < -0.3 is 14.8 Å². The summed E-state index contributed by atoms with van der Waals surface area (Å²) in [6.45, 7) is 2.65. The van der Waals surface area contributed by atoms with Crippen molar-refractivity contribution in [1.82, 2.24) is 10.3 Å². The molecule has 0 spiro atoms. The van der Waals surface area contributed by atoms with Crippen molar-refractivity contribution >= 4 is 5.91 Å². The predicted molar refractivity (Wildman–Crippen MR) is 102 cm³/mol. The summed E-state index contributed by atoms with van der Waals surface area (Å²) in [6.07, 6.45) is 1.71. The minimum absolute atomic E-state index is 0.0827. The van der Waals surface area contributed by atoms with E-state index < -0.39 is 5.92 Å². The number of carbonyl (C=O) groups excluding carboxylic acids is 1. The van der Waals surface area contributed by atoms with Gasteiger partial charge in [0.15, 0.2) is 11.5 Å².